The molecule has 182 valence electrons. The summed E-state index contributed by atoms with van der Waals surface area (Å²) >= 11 is 0. The number of ether oxygens (including phenoxy) is 1. The van der Waals surface area contributed by atoms with E-state index in [2.05, 4.69) is 16.4 Å². The van der Waals surface area contributed by atoms with Gasteiger partial charge in [0.2, 0.25) is 5.89 Å². The zero-order valence-corrected chi connectivity index (χ0v) is 19.5. The lowest BCUT2D eigenvalue weighted by molar-refractivity contribution is -0.136. The van der Waals surface area contributed by atoms with Crippen molar-refractivity contribution < 1.29 is 23.8 Å². The molecule has 1 aliphatic carbocycles. The maximum Gasteiger partial charge on any atom is 0.303 e. The van der Waals surface area contributed by atoms with E-state index in [1.807, 2.05) is 6.08 Å². The molecule has 7 heteroatoms. The highest BCUT2D eigenvalue weighted by molar-refractivity contribution is 5.91. The van der Waals surface area contributed by atoms with E-state index >= 15 is 0 Å². The molecule has 3 fully saturated rings. The second-order valence-corrected chi connectivity index (χ2v) is 9.95. The van der Waals surface area contributed by atoms with Crippen LogP contribution in [0.25, 0.3) is 0 Å². The monoisotopic (exact) mass is 458 g/mol. The number of hydrogen-bond acceptors (Lipinski definition) is 5. The molecule has 1 amide bonds. The zero-order chi connectivity index (χ0) is 23.0. The van der Waals surface area contributed by atoms with Crippen LogP contribution in [0, 0.1) is 11.8 Å². The number of unbranched alkanes of at least 4 members (excludes halogenated alkanes) is 1. The van der Waals surface area contributed by atoms with Crippen LogP contribution in [0.1, 0.15) is 106 Å². The maximum atomic E-state index is 12.6. The first-order valence-corrected chi connectivity index (χ1v) is 12.9. The summed E-state index contributed by atoms with van der Waals surface area (Å²) in [6.07, 6.45) is 19.6. The van der Waals surface area contributed by atoms with Gasteiger partial charge in [-0.05, 0) is 38.0 Å². The quantitative estimate of drug-likeness (QED) is 0.329. The summed E-state index contributed by atoms with van der Waals surface area (Å²) in [5, 5.41) is 11.8. The summed E-state index contributed by atoms with van der Waals surface area (Å²) in [5.74, 6) is 0.821. The van der Waals surface area contributed by atoms with E-state index in [9.17, 15) is 9.59 Å². The third kappa shape index (κ3) is 6.46. The standard InChI is InChI=1S/C26H38N2O5/c29-23(30)13-6-2-5-12-19-21-14-15-22(33-21)24(19)26-28-20(17-32-26)25(31)27-16-8-7-11-18-9-3-1-4-10-18/h2,5,17-19,21-22,24H,1,3-4,6-16H2,(H,27,31)(H,29,30)/b5-2-/t19-,21-,22?,24?/m0/s1. The van der Waals surface area contributed by atoms with Crippen LogP contribution in [-0.4, -0.2) is 40.7 Å². The molecule has 2 saturated heterocycles. The molecule has 7 nitrogen and oxygen atoms in total. The number of aromatic nitrogens is 1. The molecule has 3 heterocycles. The molecule has 1 aromatic rings. The van der Waals surface area contributed by atoms with Crippen molar-refractivity contribution in [2.24, 2.45) is 11.8 Å². The van der Waals surface area contributed by atoms with Gasteiger partial charge in [0, 0.05) is 18.9 Å². The summed E-state index contributed by atoms with van der Waals surface area (Å²) < 4.78 is 11.9. The van der Waals surface area contributed by atoms with Crippen LogP contribution in [-0.2, 0) is 9.53 Å². The molecule has 2 unspecified atom stereocenters. The lowest BCUT2D eigenvalue weighted by atomic mass is 9.77. The van der Waals surface area contributed by atoms with E-state index in [0.717, 1.165) is 31.6 Å². The van der Waals surface area contributed by atoms with Crippen molar-refractivity contribution in [3.8, 4) is 0 Å². The van der Waals surface area contributed by atoms with Crippen LogP contribution < -0.4 is 5.32 Å². The number of oxazole rings is 1. The van der Waals surface area contributed by atoms with Crippen LogP contribution in [0.3, 0.4) is 0 Å². The molecule has 0 radical (unpaired) electrons. The molecule has 0 spiro atoms. The highest BCUT2D eigenvalue weighted by Crippen LogP contribution is 2.50. The molecule has 1 saturated carbocycles. The van der Waals surface area contributed by atoms with Gasteiger partial charge in [0.15, 0.2) is 5.69 Å². The number of nitrogens with zero attached hydrogens (tertiary/aromatic N) is 1. The first-order valence-electron chi connectivity index (χ1n) is 12.9. The highest BCUT2D eigenvalue weighted by atomic mass is 16.5. The Bertz CT molecular complexity index is 813. The predicted octanol–water partition coefficient (Wildman–Crippen LogP) is 5.23. The molecular weight excluding hydrogens is 420 g/mol. The van der Waals surface area contributed by atoms with Gasteiger partial charge in [-0.1, -0.05) is 57.1 Å². The number of carboxylic acid groups (broad SMARTS) is 1. The molecule has 2 bridgehead atoms. The van der Waals surface area contributed by atoms with Crippen molar-refractivity contribution in [2.75, 3.05) is 6.54 Å². The van der Waals surface area contributed by atoms with E-state index in [0.29, 0.717) is 24.6 Å². The summed E-state index contributed by atoms with van der Waals surface area (Å²) in [5.41, 5.74) is 0.343. The average molecular weight is 459 g/mol. The average Bonchev–Trinajstić information content (AvgIpc) is 3.55. The van der Waals surface area contributed by atoms with Crippen molar-refractivity contribution >= 4 is 11.9 Å². The number of carbonyl (C=O) groups excluding carboxylic acids is 1. The van der Waals surface area contributed by atoms with Crippen LogP contribution in [0.5, 0.6) is 0 Å². The van der Waals surface area contributed by atoms with Crippen LogP contribution >= 0.6 is 0 Å². The molecule has 2 aliphatic heterocycles. The summed E-state index contributed by atoms with van der Waals surface area (Å²) in [7, 11) is 0. The first-order chi connectivity index (χ1) is 16.1. The molecule has 4 rings (SSSR count). The highest BCUT2D eigenvalue weighted by Gasteiger charge is 2.51. The van der Waals surface area contributed by atoms with Gasteiger partial charge in [-0.2, -0.15) is 0 Å². The second-order valence-electron chi connectivity index (χ2n) is 9.95. The number of rotatable bonds is 12. The van der Waals surface area contributed by atoms with E-state index in [1.165, 1.54) is 51.2 Å². The topological polar surface area (TPSA) is 102 Å². The maximum absolute atomic E-state index is 12.6. The van der Waals surface area contributed by atoms with Gasteiger partial charge in [0.1, 0.15) is 6.26 Å². The third-order valence-electron chi connectivity index (χ3n) is 7.61. The molecule has 4 atom stereocenters. The van der Waals surface area contributed by atoms with Gasteiger partial charge in [-0.15, -0.1) is 0 Å². The molecule has 3 aliphatic rings. The van der Waals surface area contributed by atoms with Crippen molar-refractivity contribution in [1.29, 1.82) is 0 Å². The number of allylic oxidation sites excluding steroid dienone is 2. The number of nitrogens with one attached hydrogen (secondary N) is 1. The fourth-order valence-electron chi connectivity index (χ4n) is 5.87. The van der Waals surface area contributed by atoms with Gasteiger partial charge in [0.05, 0.1) is 18.1 Å². The number of hydrogen-bond donors (Lipinski definition) is 2. The molecule has 1 aromatic heterocycles. The number of carbonyl (C=O) groups is 2. The first kappa shape index (κ1) is 24.0. The van der Waals surface area contributed by atoms with Crippen molar-refractivity contribution in [3.63, 3.8) is 0 Å². The SMILES string of the molecule is O=C(O)CC/C=C\C[C@@H]1C(c2nc(C(=O)NCCCCC3CCCCC3)co2)C2CC[C@@H]1O2. The molecule has 2 N–H and O–H groups in total. The van der Waals surface area contributed by atoms with Crippen molar-refractivity contribution in [3.05, 3.63) is 30.0 Å². The number of amides is 1. The van der Waals surface area contributed by atoms with Crippen molar-refractivity contribution in [1.82, 2.24) is 10.3 Å². The lowest BCUT2D eigenvalue weighted by Crippen LogP contribution is -2.27. The zero-order valence-electron chi connectivity index (χ0n) is 19.5. The Labute approximate surface area is 196 Å². The van der Waals surface area contributed by atoms with Gasteiger partial charge in [-0.25, -0.2) is 4.98 Å². The van der Waals surface area contributed by atoms with Crippen LogP contribution in [0.2, 0.25) is 0 Å². The van der Waals surface area contributed by atoms with E-state index in [1.54, 1.807) is 0 Å². The smallest absolute Gasteiger partial charge is 0.303 e. The Morgan fingerprint density at radius 3 is 2.73 bits per heavy atom. The Morgan fingerprint density at radius 1 is 1.09 bits per heavy atom. The number of aliphatic carboxylic acids is 1. The largest absolute Gasteiger partial charge is 0.481 e. The minimum atomic E-state index is -0.782. The summed E-state index contributed by atoms with van der Waals surface area (Å²) in [6, 6.07) is 0. The van der Waals surface area contributed by atoms with E-state index in [4.69, 9.17) is 14.3 Å². The van der Waals surface area contributed by atoms with Crippen molar-refractivity contribution in [2.45, 2.75) is 102 Å². The van der Waals surface area contributed by atoms with Gasteiger partial charge in [0.25, 0.3) is 5.91 Å². The minimum Gasteiger partial charge on any atom is -0.481 e. The fourth-order valence-corrected chi connectivity index (χ4v) is 5.87. The lowest BCUT2D eigenvalue weighted by Gasteiger charge is -2.24. The molecule has 0 aromatic carbocycles. The number of carboxylic acids is 1. The Kier molecular flexibility index (Phi) is 8.59. The summed E-state index contributed by atoms with van der Waals surface area (Å²) in [6.45, 7) is 0.675. The molecule has 33 heavy (non-hydrogen) atoms. The van der Waals surface area contributed by atoms with E-state index in [-0.39, 0.29) is 36.4 Å². The third-order valence-corrected chi connectivity index (χ3v) is 7.61. The summed E-state index contributed by atoms with van der Waals surface area (Å²) in [4.78, 5) is 27.8. The van der Waals surface area contributed by atoms with Gasteiger partial charge < -0.3 is 19.6 Å². The Balaban J connectivity index is 1.23. The van der Waals surface area contributed by atoms with E-state index < -0.39 is 5.97 Å². The fraction of sp³-hybridized carbons (Fsp3) is 0.731. The Hall–Kier alpha value is -2.15. The minimum absolute atomic E-state index is 0.0462. The second kappa shape index (κ2) is 11.8. The van der Waals surface area contributed by atoms with Crippen LogP contribution in [0.4, 0.5) is 0 Å². The number of fused-ring (bicyclic) bond motifs is 2. The Morgan fingerprint density at radius 2 is 1.91 bits per heavy atom. The normalized spacial score (nSPS) is 27.4. The van der Waals surface area contributed by atoms with Crippen LogP contribution in [0.15, 0.2) is 22.8 Å². The predicted molar refractivity (Wildman–Crippen MR) is 124 cm³/mol. The van der Waals surface area contributed by atoms with Gasteiger partial charge >= 0.3 is 5.97 Å². The molecular formula is C26H38N2O5. The van der Waals surface area contributed by atoms with Gasteiger partial charge in [-0.3, -0.25) is 9.59 Å².